The quantitative estimate of drug-likeness (QED) is 0.898. The van der Waals surface area contributed by atoms with E-state index in [4.69, 9.17) is 0 Å². The maximum Gasteiger partial charge on any atom is 0.206 e. The molecule has 0 aliphatic carbocycles. The maximum atomic E-state index is 13.1. The number of nitrogens with one attached hydrogen (secondary N) is 1. The molecule has 4 nitrogen and oxygen atoms in total. The Balaban J connectivity index is 1.78. The van der Waals surface area contributed by atoms with Gasteiger partial charge in [-0.25, -0.2) is 8.42 Å². The summed E-state index contributed by atoms with van der Waals surface area (Å²) in [6.07, 6.45) is 2.14. The minimum atomic E-state index is -3.48. The Labute approximate surface area is 149 Å². The van der Waals surface area contributed by atoms with Crippen LogP contribution in [0.2, 0.25) is 0 Å². The smallest absolute Gasteiger partial charge is 0.206 e. The van der Waals surface area contributed by atoms with Crippen molar-refractivity contribution in [2.45, 2.75) is 41.5 Å². The summed E-state index contributed by atoms with van der Waals surface area (Å²) in [5.41, 5.74) is 3.32. The van der Waals surface area contributed by atoms with E-state index in [0.29, 0.717) is 21.8 Å². The summed E-state index contributed by atoms with van der Waals surface area (Å²) < 4.78 is 26.1. The number of likely N-dealkylation sites (N-methyl/N-ethyl adjacent to an activating group) is 1. The number of aryl methyl sites for hydroxylation is 1. The number of rotatable bonds is 2. The van der Waals surface area contributed by atoms with Crippen LogP contribution in [0.3, 0.4) is 0 Å². The van der Waals surface area contributed by atoms with Crippen molar-refractivity contribution in [1.29, 1.82) is 0 Å². The van der Waals surface area contributed by atoms with Crippen LogP contribution in [-0.2, 0) is 9.84 Å². The van der Waals surface area contributed by atoms with E-state index < -0.39 is 9.84 Å². The molecule has 2 atom stereocenters. The van der Waals surface area contributed by atoms with Gasteiger partial charge >= 0.3 is 0 Å². The second-order valence-corrected chi connectivity index (χ2v) is 9.10. The fraction of sp³-hybridized carbons (Fsp3) is 0.400. The Morgan fingerprint density at radius 1 is 1.04 bits per heavy atom. The molecule has 0 bridgehead atoms. The van der Waals surface area contributed by atoms with E-state index in [2.05, 4.69) is 17.3 Å². The maximum absolute atomic E-state index is 13.1. The van der Waals surface area contributed by atoms with E-state index >= 15 is 0 Å². The van der Waals surface area contributed by atoms with Crippen molar-refractivity contribution in [2.75, 3.05) is 25.0 Å². The number of benzene rings is 2. The van der Waals surface area contributed by atoms with Crippen LogP contribution >= 0.6 is 0 Å². The number of fused-ring (bicyclic) bond motifs is 3. The van der Waals surface area contributed by atoms with Gasteiger partial charge in [-0.05, 0) is 74.3 Å². The third-order valence-electron chi connectivity index (χ3n) is 5.60. The van der Waals surface area contributed by atoms with E-state index in [1.807, 2.05) is 25.1 Å². The topological polar surface area (TPSA) is 49.4 Å². The molecule has 0 spiro atoms. The van der Waals surface area contributed by atoms with Crippen LogP contribution in [0, 0.1) is 6.92 Å². The summed E-state index contributed by atoms with van der Waals surface area (Å²) in [5.74, 6) is 0.405. The van der Waals surface area contributed by atoms with Crippen molar-refractivity contribution in [1.82, 2.24) is 5.32 Å². The van der Waals surface area contributed by atoms with Gasteiger partial charge in [0.2, 0.25) is 9.84 Å². The van der Waals surface area contributed by atoms with Gasteiger partial charge in [0, 0.05) is 24.7 Å². The van der Waals surface area contributed by atoms with Gasteiger partial charge in [0.25, 0.3) is 0 Å². The fourth-order valence-electron chi connectivity index (χ4n) is 4.27. The van der Waals surface area contributed by atoms with Gasteiger partial charge in [-0.2, -0.15) is 0 Å². The standard InChI is InChI=1S/C20H24N2O2S/c1-14-4-3-5-15(12-14)25(23,24)16-6-7-19-18(13-16)17-8-10-21-11-9-20(17)22(19)2/h3-7,12-13,17,20-21H,8-11H2,1-2H3/t17-,20?/m1/s1. The first-order valence-electron chi connectivity index (χ1n) is 8.88. The van der Waals surface area contributed by atoms with Crippen LogP contribution in [0.5, 0.6) is 0 Å². The molecule has 2 aliphatic heterocycles. The second-order valence-electron chi connectivity index (χ2n) is 7.15. The van der Waals surface area contributed by atoms with Crippen molar-refractivity contribution in [3.8, 4) is 0 Å². The molecule has 4 rings (SSSR count). The lowest BCUT2D eigenvalue weighted by Gasteiger charge is -2.24. The second kappa shape index (κ2) is 6.15. The summed E-state index contributed by atoms with van der Waals surface area (Å²) in [6.45, 7) is 3.93. The number of hydrogen-bond donors (Lipinski definition) is 1. The molecule has 1 N–H and O–H groups in total. The molecule has 132 valence electrons. The first-order chi connectivity index (χ1) is 12.0. The highest BCUT2D eigenvalue weighted by atomic mass is 32.2. The molecule has 0 radical (unpaired) electrons. The van der Waals surface area contributed by atoms with Gasteiger partial charge < -0.3 is 10.2 Å². The van der Waals surface area contributed by atoms with Crippen LogP contribution < -0.4 is 10.2 Å². The molecule has 5 heteroatoms. The lowest BCUT2D eigenvalue weighted by Crippen LogP contribution is -2.30. The van der Waals surface area contributed by atoms with Crippen molar-refractivity contribution in [3.05, 3.63) is 53.6 Å². The highest BCUT2D eigenvalue weighted by molar-refractivity contribution is 7.91. The lowest BCUT2D eigenvalue weighted by atomic mass is 9.91. The highest BCUT2D eigenvalue weighted by Gasteiger charge is 2.37. The third kappa shape index (κ3) is 2.75. The zero-order chi connectivity index (χ0) is 17.6. The Kier molecular flexibility index (Phi) is 4.08. The molecule has 2 aliphatic rings. The van der Waals surface area contributed by atoms with Crippen molar-refractivity contribution >= 4 is 15.5 Å². The first-order valence-corrected chi connectivity index (χ1v) is 10.4. The number of nitrogens with zero attached hydrogens (tertiary/aromatic N) is 1. The molecule has 1 saturated heterocycles. The zero-order valence-corrected chi connectivity index (χ0v) is 15.5. The van der Waals surface area contributed by atoms with Gasteiger partial charge in [-0.3, -0.25) is 0 Å². The largest absolute Gasteiger partial charge is 0.371 e. The molecule has 2 aromatic rings. The molecule has 1 unspecified atom stereocenters. The van der Waals surface area contributed by atoms with Gasteiger partial charge in [-0.1, -0.05) is 12.1 Å². The molecule has 2 aromatic carbocycles. The summed E-state index contributed by atoms with van der Waals surface area (Å²) in [6, 6.07) is 13.3. The van der Waals surface area contributed by atoms with Crippen molar-refractivity contribution < 1.29 is 8.42 Å². The molecule has 2 heterocycles. The van der Waals surface area contributed by atoms with Crippen molar-refractivity contribution in [3.63, 3.8) is 0 Å². The summed E-state index contributed by atoms with van der Waals surface area (Å²) in [5, 5.41) is 3.46. The molecule has 0 saturated carbocycles. The Bertz CT molecular complexity index is 908. The number of anilines is 1. The molecule has 25 heavy (non-hydrogen) atoms. The molecule has 0 aromatic heterocycles. The van der Waals surface area contributed by atoms with E-state index in [1.165, 1.54) is 11.3 Å². The van der Waals surface area contributed by atoms with Gasteiger partial charge in [0.1, 0.15) is 0 Å². The highest BCUT2D eigenvalue weighted by Crippen LogP contribution is 2.44. The predicted molar refractivity (Wildman–Crippen MR) is 100 cm³/mol. The molecule has 0 amide bonds. The Morgan fingerprint density at radius 3 is 2.60 bits per heavy atom. The van der Waals surface area contributed by atoms with Crippen LogP contribution in [0.1, 0.15) is 29.9 Å². The summed E-state index contributed by atoms with van der Waals surface area (Å²) in [4.78, 5) is 3.11. The third-order valence-corrected chi connectivity index (χ3v) is 7.35. The van der Waals surface area contributed by atoms with Crippen LogP contribution in [0.15, 0.2) is 52.3 Å². The predicted octanol–water partition coefficient (Wildman–Crippen LogP) is 3.11. The van der Waals surface area contributed by atoms with Gasteiger partial charge in [0.05, 0.1) is 9.79 Å². The van der Waals surface area contributed by atoms with E-state index in [0.717, 1.165) is 31.5 Å². The SMILES string of the molecule is Cc1cccc(S(=O)(=O)c2ccc3c(c2)[C@H]2CCNCCC2N3C)c1. The average Bonchev–Trinajstić information content (AvgIpc) is 2.77. The van der Waals surface area contributed by atoms with E-state index in [1.54, 1.807) is 24.3 Å². The number of hydrogen-bond acceptors (Lipinski definition) is 4. The fourth-order valence-corrected chi connectivity index (χ4v) is 5.67. The summed E-state index contributed by atoms with van der Waals surface area (Å²) in [7, 11) is -1.35. The Morgan fingerprint density at radius 2 is 1.80 bits per heavy atom. The van der Waals surface area contributed by atoms with Crippen LogP contribution in [0.4, 0.5) is 5.69 Å². The minimum Gasteiger partial charge on any atom is -0.371 e. The average molecular weight is 356 g/mol. The zero-order valence-electron chi connectivity index (χ0n) is 14.7. The minimum absolute atomic E-state index is 0.373. The number of sulfone groups is 1. The Hall–Kier alpha value is -1.85. The van der Waals surface area contributed by atoms with Crippen LogP contribution in [-0.4, -0.2) is 34.6 Å². The van der Waals surface area contributed by atoms with Crippen LogP contribution in [0.25, 0.3) is 0 Å². The van der Waals surface area contributed by atoms with Crippen molar-refractivity contribution in [2.24, 2.45) is 0 Å². The molecular weight excluding hydrogens is 332 g/mol. The van der Waals surface area contributed by atoms with Gasteiger partial charge in [0.15, 0.2) is 0 Å². The molecular formula is C20H24N2O2S. The van der Waals surface area contributed by atoms with E-state index in [-0.39, 0.29) is 0 Å². The van der Waals surface area contributed by atoms with Gasteiger partial charge in [-0.15, -0.1) is 0 Å². The monoisotopic (exact) mass is 356 g/mol. The van der Waals surface area contributed by atoms with E-state index in [9.17, 15) is 8.42 Å². The normalized spacial score (nSPS) is 23.0. The molecule has 1 fully saturated rings. The summed E-state index contributed by atoms with van der Waals surface area (Å²) >= 11 is 0. The first kappa shape index (κ1) is 16.6. The lowest BCUT2D eigenvalue weighted by molar-refractivity contribution is 0.531.